The SMILES string of the molecule is CCCCN(CC(=O)Nc1cc(C(C)(C)C)nn1-c1ccccc1Cl)C(=O)c1ccc(Cl)c(Cl)c1. The molecule has 9 heteroatoms. The fourth-order valence-corrected chi connectivity index (χ4v) is 3.93. The van der Waals surface area contributed by atoms with Crippen molar-refractivity contribution in [2.75, 3.05) is 18.4 Å². The van der Waals surface area contributed by atoms with Crippen LogP contribution in [0.4, 0.5) is 5.82 Å². The topological polar surface area (TPSA) is 67.2 Å². The summed E-state index contributed by atoms with van der Waals surface area (Å²) in [5.74, 6) is -0.157. The van der Waals surface area contributed by atoms with Gasteiger partial charge in [0.25, 0.3) is 5.91 Å². The number of amides is 2. The standard InChI is InChI=1S/C26H29Cl3N4O2/c1-5-6-13-32(25(35)17-11-12-18(27)20(29)14-17)16-24(34)30-23-15-22(26(2,3)4)31-33(23)21-10-8-7-9-19(21)28/h7-12,14-15H,5-6,13,16H2,1-4H3,(H,30,34). The summed E-state index contributed by atoms with van der Waals surface area (Å²) in [6.07, 6.45) is 1.63. The highest BCUT2D eigenvalue weighted by atomic mass is 35.5. The Labute approximate surface area is 221 Å². The van der Waals surface area contributed by atoms with Gasteiger partial charge in [0, 0.05) is 23.6 Å². The van der Waals surface area contributed by atoms with E-state index in [2.05, 4.69) is 5.32 Å². The zero-order valence-electron chi connectivity index (χ0n) is 20.2. The number of hydrogen-bond acceptors (Lipinski definition) is 3. The Bertz CT molecular complexity index is 1220. The number of carbonyl (C=O) groups is 2. The van der Waals surface area contributed by atoms with E-state index in [1.54, 1.807) is 22.9 Å². The number of carbonyl (C=O) groups excluding carboxylic acids is 2. The molecule has 2 aromatic carbocycles. The first kappa shape index (κ1) is 27.1. The van der Waals surface area contributed by atoms with Gasteiger partial charge in [0.1, 0.15) is 12.4 Å². The van der Waals surface area contributed by atoms with Crippen LogP contribution in [-0.4, -0.2) is 39.6 Å². The van der Waals surface area contributed by atoms with Crippen LogP contribution in [0.1, 0.15) is 56.6 Å². The van der Waals surface area contributed by atoms with Gasteiger partial charge in [-0.05, 0) is 36.8 Å². The summed E-state index contributed by atoms with van der Waals surface area (Å²) >= 11 is 18.5. The van der Waals surface area contributed by atoms with Gasteiger partial charge in [-0.25, -0.2) is 4.68 Å². The molecule has 0 fully saturated rings. The van der Waals surface area contributed by atoms with Crippen molar-refractivity contribution in [2.45, 2.75) is 46.0 Å². The number of unbranched alkanes of at least 4 members (excludes halogenated alkanes) is 1. The molecule has 0 saturated heterocycles. The summed E-state index contributed by atoms with van der Waals surface area (Å²) in [6.45, 7) is 8.45. The third-order valence-electron chi connectivity index (χ3n) is 5.40. The molecule has 3 aromatic rings. The van der Waals surface area contributed by atoms with Crippen molar-refractivity contribution in [2.24, 2.45) is 0 Å². The summed E-state index contributed by atoms with van der Waals surface area (Å²) in [7, 11) is 0. The van der Waals surface area contributed by atoms with Gasteiger partial charge in [0.05, 0.1) is 26.4 Å². The highest BCUT2D eigenvalue weighted by Gasteiger charge is 2.24. The van der Waals surface area contributed by atoms with E-state index >= 15 is 0 Å². The Kier molecular flexibility index (Phi) is 8.86. The van der Waals surface area contributed by atoms with E-state index in [-0.39, 0.29) is 28.8 Å². The van der Waals surface area contributed by atoms with Gasteiger partial charge in [0.15, 0.2) is 0 Å². The number of halogens is 3. The zero-order valence-corrected chi connectivity index (χ0v) is 22.5. The monoisotopic (exact) mass is 534 g/mol. The Balaban J connectivity index is 1.88. The lowest BCUT2D eigenvalue weighted by molar-refractivity contribution is -0.116. The first-order valence-corrected chi connectivity index (χ1v) is 12.5. The molecular weight excluding hydrogens is 507 g/mol. The number of rotatable bonds is 8. The number of para-hydroxylation sites is 1. The molecule has 186 valence electrons. The van der Waals surface area contributed by atoms with Crippen molar-refractivity contribution in [1.82, 2.24) is 14.7 Å². The molecular formula is C26H29Cl3N4O2. The molecule has 0 aliphatic heterocycles. The van der Waals surface area contributed by atoms with Crippen LogP contribution in [0.15, 0.2) is 48.5 Å². The molecule has 1 N–H and O–H groups in total. The molecule has 6 nitrogen and oxygen atoms in total. The van der Waals surface area contributed by atoms with Crippen molar-refractivity contribution >= 4 is 52.4 Å². The molecule has 1 heterocycles. The molecule has 0 spiro atoms. The van der Waals surface area contributed by atoms with Gasteiger partial charge in [0.2, 0.25) is 5.91 Å². The van der Waals surface area contributed by atoms with Gasteiger partial charge in [-0.2, -0.15) is 5.10 Å². The maximum Gasteiger partial charge on any atom is 0.254 e. The fraction of sp³-hybridized carbons (Fsp3) is 0.346. The highest BCUT2D eigenvalue weighted by Crippen LogP contribution is 2.29. The number of hydrogen-bond donors (Lipinski definition) is 1. The molecule has 0 aliphatic rings. The van der Waals surface area contributed by atoms with E-state index in [0.717, 1.165) is 18.5 Å². The number of nitrogens with one attached hydrogen (secondary N) is 1. The average Bonchev–Trinajstić information content (AvgIpc) is 3.22. The Morgan fingerprint density at radius 1 is 1.00 bits per heavy atom. The maximum atomic E-state index is 13.2. The molecule has 0 bridgehead atoms. The first-order valence-electron chi connectivity index (χ1n) is 11.4. The summed E-state index contributed by atoms with van der Waals surface area (Å²) in [5, 5.41) is 8.79. The minimum absolute atomic E-state index is 0.127. The summed E-state index contributed by atoms with van der Waals surface area (Å²) in [4.78, 5) is 27.8. The van der Waals surface area contributed by atoms with Crippen LogP contribution in [0.25, 0.3) is 5.69 Å². The lowest BCUT2D eigenvalue weighted by atomic mass is 9.92. The number of nitrogens with zero attached hydrogens (tertiary/aromatic N) is 3. The predicted molar refractivity (Wildman–Crippen MR) is 143 cm³/mol. The van der Waals surface area contributed by atoms with Gasteiger partial charge in [-0.15, -0.1) is 0 Å². The zero-order chi connectivity index (χ0) is 25.8. The van der Waals surface area contributed by atoms with Crippen molar-refractivity contribution in [3.8, 4) is 5.69 Å². The lowest BCUT2D eigenvalue weighted by Crippen LogP contribution is -2.39. The number of benzene rings is 2. The second kappa shape index (κ2) is 11.5. The van der Waals surface area contributed by atoms with E-state index in [1.807, 2.05) is 52.0 Å². The summed E-state index contributed by atoms with van der Waals surface area (Å²) < 4.78 is 1.62. The smallest absolute Gasteiger partial charge is 0.254 e. The Hall–Kier alpha value is -2.54. The van der Waals surface area contributed by atoms with Crippen molar-refractivity contribution in [3.63, 3.8) is 0 Å². The van der Waals surface area contributed by atoms with Crippen LogP contribution in [0, 0.1) is 0 Å². The van der Waals surface area contributed by atoms with E-state index < -0.39 is 0 Å². The first-order chi connectivity index (χ1) is 16.5. The van der Waals surface area contributed by atoms with Crippen molar-refractivity contribution in [3.05, 3.63) is 74.9 Å². The summed E-state index contributed by atoms with van der Waals surface area (Å²) in [5.41, 5.74) is 1.57. The van der Waals surface area contributed by atoms with E-state index in [4.69, 9.17) is 39.9 Å². The van der Waals surface area contributed by atoms with Crippen LogP contribution < -0.4 is 5.32 Å². The van der Waals surface area contributed by atoms with Crippen LogP contribution in [0.5, 0.6) is 0 Å². The Morgan fingerprint density at radius 3 is 2.34 bits per heavy atom. The molecule has 0 unspecified atom stereocenters. The van der Waals surface area contributed by atoms with Crippen LogP contribution in [-0.2, 0) is 10.2 Å². The van der Waals surface area contributed by atoms with Gasteiger partial charge >= 0.3 is 0 Å². The van der Waals surface area contributed by atoms with Gasteiger partial charge in [-0.3, -0.25) is 9.59 Å². The van der Waals surface area contributed by atoms with Gasteiger partial charge < -0.3 is 10.2 Å². The van der Waals surface area contributed by atoms with E-state index in [9.17, 15) is 9.59 Å². The normalized spacial score (nSPS) is 11.4. The predicted octanol–water partition coefficient (Wildman–Crippen LogP) is 7.01. The van der Waals surface area contributed by atoms with Crippen molar-refractivity contribution < 1.29 is 9.59 Å². The quantitative estimate of drug-likeness (QED) is 0.337. The van der Waals surface area contributed by atoms with E-state index in [0.29, 0.717) is 33.7 Å². The van der Waals surface area contributed by atoms with E-state index in [1.165, 1.54) is 11.0 Å². The molecule has 2 amide bonds. The maximum absolute atomic E-state index is 13.2. The second-order valence-corrected chi connectivity index (χ2v) is 10.5. The summed E-state index contributed by atoms with van der Waals surface area (Å²) in [6, 6.07) is 13.8. The minimum atomic E-state index is -0.344. The Morgan fingerprint density at radius 2 is 1.71 bits per heavy atom. The lowest BCUT2D eigenvalue weighted by Gasteiger charge is -2.22. The molecule has 35 heavy (non-hydrogen) atoms. The average molecular weight is 536 g/mol. The molecule has 0 radical (unpaired) electrons. The molecule has 0 atom stereocenters. The van der Waals surface area contributed by atoms with Crippen LogP contribution >= 0.6 is 34.8 Å². The molecule has 0 saturated carbocycles. The number of aromatic nitrogens is 2. The largest absolute Gasteiger partial charge is 0.329 e. The minimum Gasteiger partial charge on any atom is -0.329 e. The second-order valence-electron chi connectivity index (χ2n) is 9.29. The van der Waals surface area contributed by atoms with Crippen LogP contribution in [0.3, 0.4) is 0 Å². The third kappa shape index (κ3) is 6.78. The molecule has 1 aromatic heterocycles. The number of anilines is 1. The highest BCUT2D eigenvalue weighted by molar-refractivity contribution is 6.42. The van der Waals surface area contributed by atoms with Gasteiger partial charge in [-0.1, -0.05) is 81.1 Å². The van der Waals surface area contributed by atoms with Crippen molar-refractivity contribution in [1.29, 1.82) is 0 Å². The third-order valence-corrected chi connectivity index (χ3v) is 6.45. The molecule has 3 rings (SSSR count). The fourth-order valence-electron chi connectivity index (χ4n) is 3.41. The van der Waals surface area contributed by atoms with Crippen LogP contribution in [0.2, 0.25) is 15.1 Å². The molecule has 0 aliphatic carbocycles.